The molecule has 4 N–H and O–H groups in total. The van der Waals surface area contributed by atoms with E-state index in [4.69, 9.17) is 5.73 Å². The molecule has 0 unspecified atom stereocenters. The summed E-state index contributed by atoms with van der Waals surface area (Å²) in [5, 5.41) is 11.8. The van der Waals surface area contributed by atoms with Crippen LogP contribution in [-0.4, -0.2) is 39.1 Å². The second-order valence-electron chi connectivity index (χ2n) is 10.4. The van der Waals surface area contributed by atoms with Crippen LogP contribution in [0.4, 0.5) is 10.1 Å². The molecule has 1 fully saturated rings. The zero-order valence-corrected chi connectivity index (χ0v) is 22.2. The zero-order chi connectivity index (χ0) is 27.8. The van der Waals surface area contributed by atoms with Gasteiger partial charge in [0.1, 0.15) is 11.6 Å². The van der Waals surface area contributed by atoms with Crippen molar-refractivity contribution in [3.8, 4) is 17.1 Å². The Labute approximate surface area is 231 Å². The third-order valence-electron chi connectivity index (χ3n) is 7.72. The van der Waals surface area contributed by atoms with Gasteiger partial charge in [0.2, 0.25) is 5.91 Å². The van der Waals surface area contributed by atoms with E-state index in [-0.39, 0.29) is 11.3 Å². The summed E-state index contributed by atoms with van der Waals surface area (Å²) >= 11 is 0. The fourth-order valence-corrected chi connectivity index (χ4v) is 5.79. The van der Waals surface area contributed by atoms with Crippen LogP contribution < -0.4 is 10.6 Å². The van der Waals surface area contributed by atoms with Crippen molar-refractivity contribution in [1.29, 1.82) is 0 Å². The monoisotopic (exact) mass is 535 g/mol. The molecular formula is C32H30FN5O2. The van der Waals surface area contributed by atoms with Crippen LogP contribution in [0.25, 0.3) is 22.3 Å². The molecule has 1 saturated heterocycles. The molecule has 1 aliphatic rings. The number of hydrogen-bond acceptors (Lipinski definition) is 5. The number of nitrogens with two attached hydrogens (primary N) is 1. The highest BCUT2D eigenvalue weighted by atomic mass is 19.1. The van der Waals surface area contributed by atoms with Crippen LogP contribution in [0.5, 0.6) is 5.75 Å². The lowest BCUT2D eigenvalue weighted by Gasteiger charge is -2.28. The molecule has 6 rings (SSSR count). The third kappa shape index (κ3) is 4.77. The van der Waals surface area contributed by atoms with E-state index >= 15 is 0 Å². The fraction of sp³-hybridized carbons (Fsp3) is 0.219. The molecule has 0 aliphatic carbocycles. The lowest BCUT2D eigenvalue weighted by atomic mass is 9.81. The Hall–Kier alpha value is -4.72. The number of hydrogen-bond donors (Lipinski definition) is 3. The fourth-order valence-electron chi connectivity index (χ4n) is 5.79. The zero-order valence-electron chi connectivity index (χ0n) is 22.2. The Morgan fingerprint density at radius 1 is 1.02 bits per heavy atom. The van der Waals surface area contributed by atoms with E-state index in [0.29, 0.717) is 28.2 Å². The summed E-state index contributed by atoms with van der Waals surface area (Å²) in [5.74, 6) is -1.43. The molecule has 202 valence electrons. The SMILES string of the molecule is Cc1cc(-c2ncc(N3CCCCC3)cn2)cc(C(N)=O)c1[C@@H](c1cc2ccccc2[nH]1)c1cc(F)ccc1O. The van der Waals surface area contributed by atoms with E-state index in [1.54, 1.807) is 6.07 Å². The van der Waals surface area contributed by atoms with Gasteiger partial charge in [-0.1, -0.05) is 18.2 Å². The van der Waals surface area contributed by atoms with Gasteiger partial charge in [0.25, 0.3) is 0 Å². The lowest BCUT2D eigenvalue weighted by Crippen LogP contribution is -2.29. The maximum Gasteiger partial charge on any atom is 0.249 e. The van der Waals surface area contributed by atoms with Gasteiger partial charge >= 0.3 is 0 Å². The Morgan fingerprint density at radius 2 is 1.77 bits per heavy atom. The second-order valence-corrected chi connectivity index (χ2v) is 10.4. The normalized spacial score (nSPS) is 14.4. The first-order valence-corrected chi connectivity index (χ1v) is 13.5. The van der Waals surface area contributed by atoms with Crippen LogP contribution in [0.2, 0.25) is 0 Å². The molecule has 8 heteroatoms. The highest BCUT2D eigenvalue weighted by molar-refractivity contribution is 5.97. The number of amides is 1. The first kappa shape index (κ1) is 25.6. The van der Waals surface area contributed by atoms with Crippen molar-refractivity contribution in [3.05, 3.63) is 107 Å². The Kier molecular flexibility index (Phi) is 6.67. The molecule has 1 amide bonds. The molecule has 40 heavy (non-hydrogen) atoms. The van der Waals surface area contributed by atoms with Crippen LogP contribution in [0.15, 0.2) is 73.1 Å². The molecule has 0 radical (unpaired) electrons. The first-order chi connectivity index (χ1) is 19.4. The molecule has 5 aromatic rings. The smallest absolute Gasteiger partial charge is 0.249 e. The van der Waals surface area contributed by atoms with Crippen LogP contribution in [-0.2, 0) is 0 Å². The van der Waals surface area contributed by atoms with E-state index in [1.807, 2.05) is 55.7 Å². The maximum absolute atomic E-state index is 14.5. The standard InChI is InChI=1S/C32H30FN5O2/c1-19-13-21(32-35-17-23(18-36-32)38-11-5-2-6-12-38)14-25(31(34)40)29(19)30(24-16-22(33)9-10-28(24)39)27-15-20-7-3-4-8-26(20)37-27/h3-4,7-10,13-18,30,37,39H,2,5-6,11-12H2,1H3,(H2,34,40)/t30-/m1/s1. The number of halogens is 1. The highest BCUT2D eigenvalue weighted by Crippen LogP contribution is 2.41. The van der Waals surface area contributed by atoms with Gasteiger partial charge in [-0.15, -0.1) is 0 Å². The van der Waals surface area contributed by atoms with Crippen molar-refractivity contribution < 1.29 is 14.3 Å². The van der Waals surface area contributed by atoms with Crippen molar-refractivity contribution in [2.45, 2.75) is 32.1 Å². The van der Waals surface area contributed by atoms with Crippen molar-refractivity contribution >= 4 is 22.5 Å². The molecule has 1 atom stereocenters. The van der Waals surface area contributed by atoms with Gasteiger partial charge in [0.05, 0.1) is 24.0 Å². The molecule has 0 saturated carbocycles. The van der Waals surface area contributed by atoms with Gasteiger partial charge in [-0.3, -0.25) is 4.79 Å². The number of phenolic OH excluding ortho intramolecular Hbond substituents is 1. The number of fused-ring (bicyclic) bond motifs is 1. The number of piperidine rings is 1. The van der Waals surface area contributed by atoms with Crippen molar-refractivity contribution in [2.24, 2.45) is 5.73 Å². The summed E-state index contributed by atoms with van der Waals surface area (Å²) in [7, 11) is 0. The number of phenols is 1. The summed E-state index contributed by atoms with van der Waals surface area (Å²) in [6.45, 7) is 3.86. The molecule has 2 aromatic heterocycles. The lowest BCUT2D eigenvalue weighted by molar-refractivity contribution is 0.0999. The van der Waals surface area contributed by atoms with Gasteiger partial charge in [-0.05, 0) is 85.2 Å². The van der Waals surface area contributed by atoms with Crippen LogP contribution in [0.3, 0.4) is 0 Å². The predicted octanol–water partition coefficient (Wildman–Crippen LogP) is 6.05. The van der Waals surface area contributed by atoms with Gasteiger partial charge in [-0.2, -0.15) is 0 Å². The average molecular weight is 536 g/mol. The van der Waals surface area contributed by atoms with E-state index in [9.17, 15) is 14.3 Å². The minimum absolute atomic E-state index is 0.0828. The summed E-state index contributed by atoms with van der Waals surface area (Å²) in [5.41, 5.74) is 11.1. The number of aromatic amines is 1. The Morgan fingerprint density at radius 3 is 2.50 bits per heavy atom. The van der Waals surface area contributed by atoms with Gasteiger partial charge in [0.15, 0.2) is 5.82 Å². The van der Waals surface area contributed by atoms with E-state index in [2.05, 4.69) is 19.9 Å². The number of nitrogens with zero attached hydrogens (tertiary/aromatic N) is 3. The third-order valence-corrected chi connectivity index (χ3v) is 7.72. The minimum atomic E-state index is -0.693. The number of carbonyl (C=O) groups is 1. The number of primary amides is 1. The maximum atomic E-state index is 14.5. The average Bonchev–Trinajstić information content (AvgIpc) is 3.40. The Bertz CT molecular complexity index is 1670. The quantitative estimate of drug-likeness (QED) is 0.245. The largest absolute Gasteiger partial charge is 0.508 e. The molecule has 0 spiro atoms. The van der Waals surface area contributed by atoms with Crippen molar-refractivity contribution in [2.75, 3.05) is 18.0 Å². The Balaban J connectivity index is 1.49. The van der Waals surface area contributed by atoms with Crippen molar-refractivity contribution in [1.82, 2.24) is 15.0 Å². The molecule has 3 heterocycles. The number of H-pyrrole nitrogens is 1. The molecule has 7 nitrogen and oxygen atoms in total. The number of rotatable bonds is 6. The molecule has 3 aromatic carbocycles. The van der Waals surface area contributed by atoms with Crippen LogP contribution in [0.1, 0.15) is 57.9 Å². The number of para-hydroxylation sites is 1. The topological polar surface area (TPSA) is 108 Å². The number of carbonyl (C=O) groups excluding carboxylic acids is 1. The highest BCUT2D eigenvalue weighted by Gasteiger charge is 2.29. The summed E-state index contributed by atoms with van der Waals surface area (Å²) in [4.78, 5) is 27.8. The van der Waals surface area contributed by atoms with Crippen LogP contribution in [0, 0.1) is 12.7 Å². The van der Waals surface area contributed by atoms with E-state index < -0.39 is 17.6 Å². The number of aromatic hydroxyl groups is 1. The van der Waals surface area contributed by atoms with Crippen LogP contribution >= 0.6 is 0 Å². The second kappa shape index (κ2) is 10.4. The number of anilines is 1. The summed E-state index contributed by atoms with van der Waals surface area (Å²) in [6, 6.07) is 17.1. The number of nitrogens with one attached hydrogen (secondary N) is 1. The molecular weight excluding hydrogens is 505 g/mol. The first-order valence-electron chi connectivity index (χ1n) is 13.5. The van der Waals surface area contributed by atoms with Gasteiger partial charge < -0.3 is 20.7 Å². The number of aromatic nitrogens is 3. The van der Waals surface area contributed by atoms with Gasteiger partial charge in [0, 0.05) is 41.0 Å². The number of aryl methyl sites for hydroxylation is 1. The molecule has 0 bridgehead atoms. The minimum Gasteiger partial charge on any atom is -0.508 e. The number of benzene rings is 3. The predicted molar refractivity (Wildman–Crippen MR) is 154 cm³/mol. The van der Waals surface area contributed by atoms with Gasteiger partial charge in [-0.25, -0.2) is 14.4 Å². The van der Waals surface area contributed by atoms with Crippen molar-refractivity contribution in [3.63, 3.8) is 0 Å². The van der Waals surface area contributed by atoms with E-state index in [0.717, 1.165) is 48.1 Å². The van der Waals surface area contributed by atoms with E-state index in [1.165, 1.54) is 24.6 Å². The summed E-state index contributed by atoms with van der Waals surface area (Å²) in [6.07, 6.45) is 7.19. The summed E-state index contributed by atoms with van der Waals surface area (Å²) < 4.78 is 14.5. The molecule has 1 aliphatic heterocycles.